The van der Waals surface area contributed by atoms with Gasteiger partial charge in [0.15, 0.2) is 0 Å². The van der Waals surface area contributed by atoms with Gasteiger partial charge in [0.25, 0.3) is 0 Å². The Morgan fingerprint density at radius 3 is 1.95 bits per heavy atom. The largest absolute Gasteiger partial charge is 0.516 e. The maximum absolute atomic E-state index is 11.2. The zero-order chi connectivity index (χ0) is 14.5. The molecule has 1 N–H and O–H groups in total. The molecule has 6 heteroatoms. The Morgan fingerprint density at radius 2 is 1.42 bits per heavy atom. The van der Waals surface area contributed by atoms with Gasteiger partial charge in [-0.25, -0.2) is 4.79 Å². The first-order chi connectivity index (χ1) is 9.06. The molecule has 0 saturated heterocycles. The van der Waals surface area contributed by atoms with Crippen LogP contribution in [0.1, 0.15) is 58.3 Å². The number of aliphatic carboxylic acids is 1. The Hall–Kier alpha value is -1.59. The molecule has 0 aromatic carbocycles. The highest BCUT2D eigenvalue weighted by atomic mass is 16.7. The predicted octanol–water partition coefficient (Wildman–Crippen LogP) is 2.89. The van der Waals surface area contributed by atoms with Crippen LogP contribution in [0.2, 0.25) is 0 Å². The molecule has 0 bridgehead atoms. The first-order valence-electron chi connectivity index (χ1n) is 6.65. The molecule has 0 rings (SSSR count). The summed E-state index contributed by atoms with van der Waals surface area (Å²) in [6.45, 7) is 1.82. The monoisotopic (exact) mass is 274 g/mol. The molecule has 0 aliphatic heterocycles. The van der Waals surface area contributed by atoms with E-state index in [1.807, 2.05) is 0 Å². The molecule has 0 heterocycles. The van der Waals surface area contributed by atoms with Crippen LogP contribution < -0.4 is 0 Å². The van der Waals surface area contributed by atoms with Crippen molar-refractivity contribution in [1.29, 1.82) is 0 Å². The molecule has 0 aromatic heterocycles. The van der Waals surface area contributed by atoms with Gasteiger partial charge in [0.1, 0.15) is 0 Å². The van der Waals surface area contributed by atoms with Crippen LogP contribution in [-0.2, 0) is 19.1 Å². The number of hydrogen-bond donors (Lipinski definition) is 1. The standard InChI is InChI=1S/C13H22O6/c1-2-18-13(17)19-12(16)10-8-6-4-3-5-7-9-11(14)15/h2-10H2,1H3,(H,14,15). The van der Waals surface area contributed by atoms with Crippen LogP contribution in [0.25, 0.3) is 0 Å². The average Bonchev–Trinajstić information content (AvgIpc) is 2.32. The van der Waals surface area contributed by atoms with E-state index in [2.05, 4.69) is 9.47 Å². The fraction of sp³-hybridized carbons (Fsp3) is 0.769. The lowest BCUT2D eigenvalue weighted by Gasteiger charge is -2.03. The number of carboxylic acid groups (broad SMARTS) is 1. The molecule has 110 valence electrons. The number of ether oxygens (including phenoxy) is 2. The molecule has 0 radical (unpaired) electrons. The molecule has 6 nitrogen and oxygen atoms in total. The van der Waals surface area contributed by atoms with Crippen molar-refractivity contribution in [3.05, 3.63) is 0 Å². The van der Waals surface area contributed by atoms with E-state index in [0.29, 0.717) is 12.8 Å². The lowest BCUT2D eigenvalue weighted by atomic mass is 10.1. The second-order valence-corrected chi connectivity index (χ2v) is 4.17. The van der Waals surface area contributed by atoms with Crippen molar-refractivity contribution in [2.75, 3.05) is 6.61 Å². The van der Waals surface area contributed by atoms with E-state index >= 15 is 0 Å². The highest BCUT2D eigenvalue weighted by Crippen LogP contribution is 2.09. The number of carboxylic acids is 1. The maximum Gasteiger partial charge on any atom is 0.516 e. The third kappa shape index (κ3) is 12.7. The van der Waals surface area contributed by atoms with Gasteiger partial charge < -0.3 is 14.6 Å². The van der Waals surface area contributed by atoms with Crippen molar-refractivity contribution in [1.82, 2.24) is 0 Å². The molecule has 0 fully saturated rings. The molecule has 0 saturated carbocycles. The second-order valence-electron chi connectivity index (χ2n) is 4.17. The van der Waals surface area contributed by atoms with E-state index in [0.717, 1.165) is 25.7 Å². The highest BCUT2D eigenvalue weighted by molar-refractivity contribution is 5.81. The minimum absolute atomic E-state index is 0.183. The molecule has 0 atom stereocenters. The van der Waals surface area contributed by atoms with Gasteiger partial charge in [-0.05, 0) is 19.8 Å². The summed E-state index contributed by atoms with van der Waals surface area (Å²) in [4.78, 5) is 32.2. The summed E-state index contributed by atoms with van der Waals surface area (Å²) in [5.74, 6) is -1.33. The Morgan fingerprint density at radius 1 is 0.895 bits per heavy atom. The van der Waals surface area contributed by atoms with E-state index in [-0.39, 0.29) is 19.4 Å². The van der Waals surface area contributed by atoms with E-state index in [1.54, 1.807) is 6.92 Å². The smallest absolute Gasteiger partial charge is 0.481 e. The topological polar surface area (TPSA) is 89.9 Å². The number of unbranched alkanes of at least 4 members (excludes halogenated alkanes) is 5. The van der Waals surface area contributed by atoms with Crippen LogP contribution in [0.5, 0.6) is 0 Å². The second kappa shape index (κ2) is 11.5. The van der Waals surface area contributed by atoms with Gasteiger partial charge in [-0.1, -0.05) is 25.7 Å². The summed E-state index contributed by atoms with van der Waals surface area (Å²) in [6, 6.07) is 0. The summed E-state index contributed by atoms with van der Waals surface area (Å²) in [7, 11) is 0. The number of esters is 1. The van der Waals surface area contributed by atoms with Crippen molar-refractivity contribution in [3.63, 3.8) is 0 Å². The molecular weight excluding hydrogens is 252 g/mol. The van der Waals surface area contributed by atoms with Gasteiger partial charge in [-0.2, -0.15) is 0 Å². The summed E-state index contributed by atoms with van der Waals surface area (Å²) in [5, 5.41) is 8.44. The zero-order valence-corrected chi connectivity index (χ0v) is 11.4. The van der Waals surface area contributed by atoms with Crippen LogP contribution in [-0.4, -0.2) is 29.8 Å². The van der Waals surface area contributed by atoms with E-state index < -0.39 is 18.1 Å². The zero-order valence-electron chi connectivity index (χ0n) is 11.4. The number of hydrogen-bond acceptors (Lipinski definition) is 5. The van der Waals surface area contributed by atoms with Gasteiger partial charge in [0, 0.05) is 12.8 Å². The molecule has 0 aliphatic rings. The molecule has 0 aliphatic carbocycles. The first kappa shape index (κ1) is 17.4. The average molecular weight is 274 g/mol. The van der Waals surface area contributed by atoms with Crippen molar-refractivity contribution in [2.24, 2.45) is 0 Å². The number of carbonyl (C=O) groups excluding carboxylic acids is 2. The number of carbonyl (C=O) groups is 3. The molecule has 0 spiro atoms. The Labute approximate surface area is 113 Å². The normalized spacial score (nSPS) is 9.95. The summed E-state index contributed by atoms with van der Waals surface area (Å²) >= 11 is 0. The third-order valence-electron chi connectivity index (χ3n) is 2.48. The van der Waals surface area contributed by atoms with Gasteiger partial charge in [0.05, 0.1) is 6.61 Å². The minimum Gasteiger partial charge on any atom is -0.481 e. The summed E-state index contributed by atoms with van der Waals surface area (Å²) in [5.41, 5.74) is 0. The van der Waals surface area contributed by atoms with Crippen molar-refractivity contribution >= 4 is 18.1 Å². The van der Waals surface area contributed by atoms with Crippen LogP contribution >= 0.6 is 0 Å². The van der Waals surface area contributed by atoms with Gasteiger partial charge in [-0.15, -0.1) is 0 Å². The molecule has 19 heavy (non-hydrogen) atoms. The first-order valence-corrected chi connectivity index (χ1v) is 6.65. The van der Waals surface area contributed by atoms with Crippen LogP contribution in [0.4, 0.5) is 4.79 Å². The van der Waals surface area contributed by atoms with Crippen LogP contribution in [0, 0.1) is 0 Å². The fourth-order valence-corrected chi connectivity index (χ4v) is 1.54. The third-order valence-corrected chi connectivity index (χ3v) is 2.48. The molecular formula is C13H22O6. The summed E-state index contributed by atoms with van der Waals surface area (Å²) in [6.07, 6.45) is 4.50. The van der Waals surface area contributed by atoms with E-state index in [9.17, 15) is 14.4 Å². The predicted molar refractivity (Wildman–Crippen MR) is 67.7 cm³/mol. The van der Waals surface area contributed by atoms with Crippen LogP contribution in [0.3, 0.4) is 0 Å². The van der Waals surface area contributed by atoms with Gasteiger partial charge >= 0.3 is 18.1 Å². The number of rotatable bonds is 10. The Balaban J connectivity index is 3.32. The quantitative estimate of drug-likeness (QED) is 0.374. The highest BCUT2D eigenvalue weighted by Gasteiger charge is 2.10. The van der Waals surface area contributed by atoms with Gasteiger partial charge in [0.2, 0.25) is 0 Å². The van der Waals surface area contributed by atoms with Crippen molar-refractivity contribution in [3.8, 4) is 0 Å². The summed E-state index contributed by atoms with van der Waals surface area (Å²) < 4.78 is 8.87. The van der Waals surface area contributed by atoms with E-state index in [4.69, 9.17) is 5.11 Å². The Bertz CT molecular complexity index is 287. The SMILES string of the molecule is CCOC(=O)OC(=O)CCCCCCCCC(=O)O. The lowest BCUT2D eigenvalue weighted by molar-refractivity contribution is -0.140. The van der Waals surface area contributed by atoms with Crippen molar-refractivity contribution < 1.29 is 29.0 Å². The van der Waals surface area contributed by atoms with Crippen molar-refractivity contribution in [2.45, 2.75) is 58.3 Å². The Kier molecular flexibility index (Phi) is 10.5. The molecule has 0 unspecified atom stereocenters. The maximum atomic E-state index is 11.2. The molecule has 0 amide bonds. The van der Waals surface area contributed by atoms with E-state index in [1.165, 1.54) is 0 Å². The molecule has 0 aromatic rings. The lowest BCUT2D eigenvalue weighted by Crippen LogP contribution is -2.13. The van der Waals surface area contributed by atoms with Crippen LogP contribution in [0.15, 0.2) is 0 Å². The minimum atomic E-state index is -0.943. The van der Waals surface area contributed by atoms with Gasteiger partial charge in [-0.3, -0.25) is 9.59 Å². The fourth-order valence-electron chi connectivity index (χ4n) is 1.54.